The standard InChI is InChI=1S/C14H18ClNO3/c1-13(2,3)19-12(18)16-14(4,9-17)10-5-7-11(15)8-6-10/h5-9H,1-4H3,(H,16,18)/t14-/m0/s1. The van der Waals surface area contributed by atoms with Gasteiger partial charge >= 0.3 is 6.09 Å². The maximum absolute atomic E-state index is 11.8. The molecule has 0 saturated heterocycles. The summed E-state index contributed by atoms with van der Waals surface area (Å²) in [5.41, 5.74) is -1.13. The van der Waals surface area contributed by atoms with Gasteiger partial charge in [-0.3, -0.25) is 0 Å². The predicted octanol–water partition coefficient (Wildman–Crippen LogP) is 3.28. The van der Waals surface area contributed by atoms with E-state index in [0.717, 1.165) is 0 Å². The largest absolute Gasteiger partial charge is 0.444 e. The average molecular weight is 284 g/mol. The van der Waals surface area contributed by atoms with Crippen LogP contribution in [0.15, 0.2) is 24.3 Å². The van der Waals surface area contributed by atoms with Crippen LogP contribution in [0.2, 0.25) is 5.02 Å². The van der Waals surface area contributed by atoms with Crippen LogP contribution in [0.5, 0.6) is 0 Å². The van der Waals surface area contributed by atoms with Crippen LogP contribution in [-0.2, 0) is 15.1 Å². The quantitative estimate of drug-likeness (QED) is 0.866. The van der Waals surface area contributed by atoms with E-state index in [-0.39, 0.29) is 0 Å². The van der Waals surface area contributed by atoms with Crippen molar-refractivity contribution in [3.63, 3.8) is 0 Å². The van der Waals surface area contributed by atoms with Crippen molar-refractivity contribution in [3.05, 3.63) is 34.9 Å². The van der Waals surface area contributed by atoms with Gasteiger partial charge in [-0.05, 0) is 45.4 Å². The molecule has 0 heterocycles. The Bertz CT molecular complexity index is 465. The molecule has 19 heavy (non-hydrogen) atoms. The number of halogens is 1. The SMILES string of the molecule is CC(C)(C)OC(=O)N[C@@](C)(C=O)c1ccc(Cl)cc1. The van der Waals surface area contributed by atoms with E-state index < -0.39 is 17.2 Å². The van der Waals surface area contributed by atoms with Crippen molar-refractivity contribution in [1.82, 2.24) is 5.32 Å². The van der Waals surface area contributed by atoms with Crippen LogP contribution < -0.4 is 5.32 Å². The van der Waals surface area contributed by atoms with Gasteiger partial charge in [0.25, 0.3) is 0 Å². The Balaban J connectivity index is 2.89. The van der Waals surface area contributed by atoms with Crippen molar-refractivity contribution < 1.29 is 14.3 Å². The number of hydrogen-bond acceptors (Lipinski definition) is 3. The monoisotopic (exact) mass is 283 g/mol. The zero-order chi connectivity index (χ0) is 14.7. The minimum absolute atomic E-state index is 0.564. The molecule has 104 valence electrons. The highest BCUT2D eigenvalue weighted by atomic mass is 35.5. The zero-order valence-corrected chi connectivity index (χ0v) is 12.2. The molecule has 1 aromatic carbocycles. The summed E-state index contributed by atoms with van der Waals surface area (Å²) in [6, 6.07) is 6.70. The molecule has 4 nitrogen and oxygen atoms in total. The molecule has 0 aliphatic rings. The highest BCUT2D eigenvalue weighted by Gasteiger charge is 2.30. The second-order valence-corrected chi connectivity index (χ2v) is 5.89. The van der Waals surface area contributed by atoms with Crippen LogP contribution in [0, 0.1) is 0 Å². The Morgan fingerprint density at radius 1 is 1.21 bits per heavy atom. The molecular weight excluding hydrogens is 266 g/mol. The molecule has 0 bridgehead atoms. The minimum Gasteiger partial charge on any atom is -0.444 e. The van der Waals surface area contributed by atoms with Gasteiger partial charge in [0.15, 0.2) is 0 Å². The van der Waals surface area contributed by atoms with Gasteiger partial charge in [-0.2, -0.15) is 0 Å². The first-order valence-electron chi connectivity index (χ1n) is 5.90. The number of amides is 1. The fourth-order valence-corrected chi connectivity index (χ4v) is 1.61. The van der Waals surface area contributed by atoms with Gasteiger partial charge in [0.2, 0.25) is 0 Å². The predicted molar refractivity (Wildman–Crippen MR) is 74.2 cm³/mol. The smallest absolute Gasteiger partial charge is 0.408 e. The number of rotatable bonds is 3. The van der Waals surface area contributed by atoms with Gasteiger partial charge in [-0.15, -0.1) is 0 Å². The van der Waals surface area contributed by atoms with Crippen molar-refractivity contribution in [3.8, 4) is 0 Å². The van der Waals surface area contributed by atoms with Gasteiger partial charge in [-0.25, -0.2) is 4.79 Å². The van der Waals surface area contributed by atoms with Gasteiger partial charge < -0.3 is 14.8 Å². The van der Waals surface area contributed by atoms with E-state index in [1.54, 1.807) is 52.0 Å². The maximum Gasteiger partial charge on any atom is 0.408 e. The van der Waals surface area contributed by atoms with E-state index in [0.29, 0.717) is 16.9 Å². The van der Waals surface area contributed by atoms with Crippen LogP contribution in [-0.4, -0.2) is 18.0 Å². The van der Waals surface area contributed by atoms with Gasteiger partial charge in [0.1, 0.15) is 17.4 Å². The highest BCUT2D eigenvalue weighted by molar-refractivity contribution is 6.30. The molecule has 1 aromatic rings. The number of nitrogens with one attached hydrogen (secondary N) is 1. The van der Waals surface area contributed by atoms with E-state index in [1.165, 1.54) is 0 Å². The highest BCUT2D eigenvalue weighted by Crippen LogP contribution is 2.21. The van der Waals surface area contributed by atoms with Crippen LogP contribution in [0.4, 0.5) is 4.79 Å². The van der Waals surface area contributed by atoms with E-state index in [1.807, 2.05) is 0 Å². The fraction of sp³-hybridized carbons (Fsp3) is 0.429. The first-order valence-corrected chi connectivity index (χ1v) is 6.28. The molecule has 0 spiro atoms. The lowest BCUT2D eigenvalue weighted by atomic mass is 9.94. The van der Waals surface area contributed by atoms with Crippen molar-refractivity contribution in [2.75, 3.05) is 0 Å². The summed E-state index contributed by atoms with van der Waals surface area (Å²) in [5.74, 6) is 0. The summed E-state index contributed by atoms with van der Waals surface area (Å²) in [6.45, 7) is 6.88. The lowest BCUT2D eigenvalue weighted by Crippen LogP contribution is -2.46. The Hall–Kier alpha value is -1.55. The van der Waals surface area contributed by atoms with Crippen LogP contribution >= 0.6 is 11.6 Å². The molecule has 0 fully saturated rings. The molecule has 1 rings (SSSR count). The number of alkyl carbamates (subject to hydrolysis) is 1. The van der Waals surface area contributed by atoms with Gasteiger partial charge in [-0.1, -0.05) is 23.7 Å². The summed E-state index contributed by atoms with van der Waals surface area (Å²) < 4.78 is 5.15. The summed E-state index contributed by atoms with van der Waals surface area (Å²) >= 11 is 5.80. The van der Waals surface area contributed by atoms with Crippen LogP contribution in [0.3, 0.4) is 0 Å². The Morgan fingerprint density at radius 2 is 1.74 bits per heavy atom. The van der Waals surface area contributed by atoms with Crippen molar-refractivity contribution >= 4 is 24.0 Å². The van der Waals surface area contributed by atoms with E-state index >= 15 is 0 Å². The number of hydrogen-bond donors (Lipinski definition) is 1. The minimum atomic E-state index is -1.15. The molecular formula is C14H18ClNO3. The summed E-state index contributed by atoms with van der Waals surface area (Å²) in [6.07, 6.45) is 0.0252. The second-order valence-electron chi connectivity index (χ2n) is 5.45. The van der Waals surface area contributed by atoms with Crippen molar-refractivity contribution in [1.29, 1.82) is 0 Å². The van der Waals surface area contributed by atoms with Crippen LogP contribution in [0.1, 0.15) is 33.3 Å². The average Bonchev–Trinajstić information content (AvgIpc) is 2.26. The summed E-state index contributed by atoms with van der Waals surface area (Å²) in [7, 11) is 0. The third-order valence-electron chi connectivity index (χ3n) is 2.44. The summed E-state index contributed by atoms with van der Waals surface area (Å²) in [4.78, 5) is 23.1. The number of ether oxygens (including phenoxy) is 1. The molecule has 0 radical (unpaired) electrons. The lowest BCUT2D eigenvalue weighted by Gasteiger charge is -2.27. The molecule has 0 aliphatic heterocycles. The van der Waals surface area contributed by atoms with E-state index in [4.69, 9.17) is 16.3 Å². The first kappa shape index (κ1) is 15.5. The van der Waals surface area contributed by atoms with E-state index in [2.05, 4.69) is 5.32 Å². The molecule has 0 aliphatic carbocycles. The van der Waals surface area contributed by atoms with Crippen molar-refractivity contribution in [2.24, 2.45) is 0 Å². The van der Waals surface area contributed by atoms with Crippen molar-refractivity contribution in [2.45, 2.75) is 38.8 Å². The molecule has 0 aromatic heterocycles. The number of carbonyl (C=O) groups is 2. The Morgan fingerprint density at radius 3 is 2.16 bits per heavy atom. The number of aldehydes is 1. The fourth-order valence-electron chi connectivity index (χ4n) is 1.48. The second kappa shape index (κ2) is 5.61. The van der Waals surface area contributed by atoms with Gasteiger partial charge in [0, 0.05) is 5.02 Å². The lowest BCUT2D eigenvalue weighted by molar-refractivity contribution is -0.113. The molecule has 0 saturated carbocycles. The third-order valence-corrected chi connectivity index (χ3v) is 2.69. The van der Waals surface area contributed by atoms with E-state index in [9.17, 15) is 9.59 Å². The maximum atomic E-state index is 11.8. The number of benzene rings is 1. The Labute approximate surface area is 118 Å². The normalized spacial score (nSPS) is 14.4. The molecule has 1 atom stereocenters. The molecule has 1 amide bonds. The molecule has 0 unspecified atom stereocenters. The topological polar surface area (TPSA) is 55.4 Å². The zero-order valence-electron chi connectivity index (χ0n) is 11.5. The number of carbonyl (C=O) groups excluding carboxylic acids is 2. The third kappa shape index (κ3) is 4.56. The Kier molecular flexibility index (Phi) is 4.58. The first-order chi connectivity index (χ1) is 8.66. The molecule has 1 N–H and O–H groups in total. The molecule has 5 heteroatoms. The summed E-state index contributed by atoms with van der Waals surface area (Å²) in [5, 5.41) is 3.13. The van der Waals surface area contributed by atoms with Crippen LogP contribution in [0.25, 0.3) is 0 Å². The van der Waals surface area contributed by atoms with Gasteiger partial charge in [0.05, 0.1) is 0 Å².